The number of aromatic nitrogens is 3. The smallest absolute Gasteiger partial charge is 0.219 e. The van der Waals surface area contributed by atoms with Crippen LogP contribution >= 0.6 is 0 Å². The van der Waals surface area contributed by atoms with Crippen molar-refractivity contribution in [2.45, 2.75) is 26.9 Å². The number of amides is 1. The van der Waals surface area contributed by atoms with Crippen LogP contribution < -0.4 is 4.73 Å². The zero-order valence-electron chi connectivity index (χ0n) is 15.1. The third-order valence-corrected chi connectivity index (χ3v) is 4.93. The van der Waals surface area contributed by atoms with Crippen molar-refractivity contribution in [3.8, 4) is 22.4 Å². The van der Waals surface area contributed by atoms with E-state index in [-0.39, 0.29) is 11.7 Å². The van der Waals surface area contributed by atoms with E-state index in [0.29, 0.717) is 25.3 Å². The first-order chi connectivity index (χ1) is 12.9. The van der Waals surface area contributed by atoms with Gasteiger partial charge in [0.2, 0.25) is 5.91 Å². The van der Waals surface area contributed by atoms with Gasteiger partial charge in [-0.3, -0.25) is 9.48 Å². The summed E-state index contributed by atoms with van der Waals surface area (Å²) in [6, 6.07) is 9.75. The maximum Gasteiger partial charge on any atom is 0.219 e. The molecule has 0 atom stereocenters. The average molecular weight is 366 g/mol. The Morgan fingerprint density at radius 3 is 2.59 bits per heavy atom. The van der Waals surface area contributed by atoms with Crippen LogP contribution in [-0.2, 0) is 17.9 Å². The quantitative estimate of drug-likeness (QED) is 0.517. The monoisotopic (exact) mass is 366 g/mol. The normalized spacial score (nSPS) is 13.5. The Labute approximate surface area is 156 Å². The fraction of sp³-hybridized carbons (Fsp3) is 0.250. The van der Waals surface area contributed by atoms with Crippen molar-refractivity contribution in [3.63, 3.8) is 0 Å². The topological polar surface area (TPSA) is 65.1 Å². The molecule has 0 spiro atoms. The van der Waals surface area contributed by atoms with Crippen LogP contribution in [0.1, 0.15) is 18.3 Å². The average Bonchev–Trinajstić information content (AvgIpc) is 3.03. The molecular formula is C20H19FN4O2. The standard InChI is InChI=1S/C20H19FN4O2/c1-13-11-16(7-8-25(13)27)19-18-12-23(14(2)26)9-10-24(18)22-20(19)15-3-5-17(21)6-4-15/h3-8,11H,9-10,12H2,1-2H3. The van der Waals surface area contributed by atoms with Crippen LogP contribution in [0.3, 0.4) is 0 Å². The van der Waals surface area contributed by atoms with E-state index in [1.807, 2.05) is 10.7 Å². The number of carbonyl (C=O) groups is 1. The molecule has 2 aromatic heterocycles. The predicted octanol–water partition coefficient (Wildman–Crippen LogP) is 2.66. The van der Waals surface area contributed by atoms with Crippen LogP contribution in [-0.4, -0.2) is 27.1 Å². The SMILES string of the molecule is CC(=O)N1CCn2nc(-c3ccc(F)cc3)c(-c3cc[n+]([O-])c(C)c3)c2C1. The second-order valence-electron chi connectivity index (χ2n) is 6.72. The molecular weight excluding hydrogens is 347 g/mol. The van der Waals surface area contributed by atoms with Gasteiger partial charge in [-0.2, -0.15) is 9.83 Å². The molecule has 0 bridgehead atoms. The summed E-state index contributed by atoms with van der Waals surface area (Å²) in [6.07, 6.45) is 1.47. The number of halogens is 1. The minimum Gasteiger partial charge on any atom is -0.619 e. The molecule has 0 unspecified atom stereocenters. The number of benzene rings is 1. The third-order valence-electron chi connectivity index (χ3n) is 4.93. The molecule has 7 heteroatoms. The molecule has 3 aromatic rings. The molecule has 27 heavy (non-hydrogen) atoms. The summed E-state index contributed by atoms with van der Waals surface area (Å²) in [4.78, 5) is 13.7. The fourth-order valence-electron chi connectivity index (χ4n) is 3.46. The van der Waals surface area contributed by atoms with Crippen molar-refractivity contribution in [1.29, 1.82) is 0 Å². The van der Waals surface area contributed by atoms with E-state index < -0.39 is 0 Å². The van der Waals surface area contributed by atoms with Gasteiger partial charge in [-0.15, -0.1) is 0 Å². The summed E-state index contributed by atoms with van der Waals surface area (Å²) in [5.41, 5.74) is 4.72. The van der Waals surface area contributed by atoms with Gasteiger partial charge in [0.05, 0.1) is 18.8 Å². The van der Waals surface area contributed by atoms with E-state index in [0.717, 1.165) is 32.8 Å². The summed E-state index contributed by atoms with van der Waals surface area (Å²) >= 11 is 0. The highest BCUT2D eigenvalue weighted by atomic mass is 19.1. The van der Waals surface area contributed by atoms with Crippen LogP contribution in [0.2, 0.25) is 0 Å². The Bertz CT molecular complexity index is 1030. The number of hydrogen-bond acceptors (Lipinski definition) is 3. The van der Waals surface area contributed by atoms with Crippen molar-refractivity contribution in [2.75, 3.05) is 6.54 Å². The summed E-state index contributed by atoms with van der Waals surface area (Å²) < 4.78 is 16.1. The second-order valence-corrected chi connectivity index (χ2v) is 6.72. The molecule has 4 rings (SSSR count). The lowest BCUT2D eigenvalue weighted by Crippen LogP contribution is -2.37. The van der Waals surface area contributed by atoms with Crippen molar-refractivity contribution in [1.82, 2.24) is 14.7 Å². The van der Waals surface area contributed by atoms with Crippen molar-refractivity contribution < 1.29 is 13.9 Å². The number of nitrogens with zero attached hydrogens (tertiary/aromatic N) is 4. The number of rotatable bonds is 2. The number of fused-ring (bicyclic) bond motifs is 1. The number of aryl methyl sites for hydroxylation is 1. The molecule has 3 heterocycles. The van der Waals surface area contributed by atoms with Gasteiger partial charge in [-0.1, -0.05) is 0 Å². The predicted molar refractivity (Wildman–Crippen MR) is 97.8 cm³/mol. The van der Waals surface area contributed by atoms with Crippen molar-refractivity contribution in [3.05, 3.63) is 65.0 Å². The van der Waals surface area contributed by atoms with Crippen molar-refractivity contribution >= 4 is 5.91 Å². The Hall–Kier alpha value is -3.22. The van der Waals surface area contributed by atoms with Crippen molar-refractivity contribution in [2.24, 2.45) is 0 Å². The van der Waals surface area contributed by atoms with Gasteiger partial charge in [0.25, 0.3) is 0 Å². The van der Waals surface area contributed by atoms with Gasteiger partial charge in [-0.25, -0.2) is 4.39 Å². The van der Waals surface area contributed by atoms with Crippen LogP contribution in [0.5, 0.6) is 0 Å². The Morgan fingerprint density at radius 2 is 1.93 bits per heavy atom. The van der Waals surface area contributed by atoms with Gasteiger partial charge in [-0.05, 0) is 29.8 Å². The Morgan fingerprint density at radius 1 is 1.19 bits per heavy atom. The van der Waals surface area contributed by atoms with E-state index in [9.17, 15) is 14.4 Å². The molecule has 0 radical (unpaired) electrons. The summed E-state index contributed by atoms with van der Waals surface area (Å²) in [5.74, 6) is -0.298. The molecule has 0 N–H and O–H groups in total. The van der Waals surface area contributed by atoms with E-state index in [2.05, 4.69) is 0 Å². The highest BCUT2D eigenvalue weighted by Gasteiger charge is 2.27. The summed E-state index contributed by atoms with van der Waals surface area (Å²) in [6.45, 7) is 4.94. The van der Waals surface area contributed by atoms with E-state index in [1.54, 1.807) is 36.9 Å². The minimum absolute atomic E-state index is 0.0124. The van der Waals surface area contributed by atoms with Crippen LogP contribution in [0, 0.1) is 17.9 Å². The first-order valence-corrected chi connectivity index (χ1v) is 8.75. The van der Waals surface area contributed by atoms with Gasteiger partial charge in [0.15, 0.2) is 11.9 Å². The van der Waals surface area contributed by atoms with E-state index in [1.165, 1.54) is 18.3 Å². The van der Waals surface area contributed by atoms with Gasteiger partial charge < -0.3 is 10.1 Å². The molecule has 138 valence electrons. The van der Waals surface area contributed by atoms with Gasteiger partial charge in [0.1, 0.15) is 11.5 Å². The summed E-state index contributed by atoms with van der Waals surface area (Å²) in [5, 5.41) is 16.5. The molecule has 0 aliphatic carbocycles. The zero-order valence-corrected chi connectivity index (χ0v) is 15.1. The molecule has 0 saturated heterocycles. The van der Waals surface area contributed by atoms with Crippen LogP contribution in [0.25, 0.3) is 22.4 Å². The molecule has 1 aliphatic rings. The fourth-order valence-corrected chi connectivity index (χ4v) is 3.46. The lowest BCUT2D eigenvalue weighted by molar-refractivity contribution is -0.612. The van der Waals surface area contributed by atoms with Crippen LogP contribution in [0.4, 0.5) is 4.39 Å². The van der Waals surface area contributed by atoms with Crippen LogP contribution in [0.15, 0.2) is 42.6 Å². The van der Waals surface area contributed by atoms with E-state index >= 15 is 0 Å². The number of hydrogen-bond donors (Lipinski definition) is 0. The second kappa shape index (κ2) is 6.50. The lowest BCUT2D eigenvalue weighted by Gasteiger charge is -2.27. The van der Waals surface area contributed by atoms with Gasteiger partial charge >= 0.3 is 0 Å². The number of pyridine rings is 1. The molecule has 0 saturated carbocycles. The molecule has 1 amide bonds. The Kier molecular flexibility index (Phi) is 4.14. The molecule has 6 nitrogen and oxygen atoms in total. The van der Waals surface area contributed by atoms with E-state index in [4.69, 9.17) is 5.10 Å². The maximum absolute atomic E-state index is 13.4. The third kappa shape index (κ3) is 3.05. The largest absolute Gasteiger partial charge is 0.619 e. The first kappa shape index (κ1) is 17.2. The number of carbonyl (C=O) groups excluding carboxylic acids is 1. The highest BCUT2D eigenvalue weighted by Crippen LogP contribution is 2.36. The lowest BCUT2D eigenvalue weighted by atomic mass is 9.98. The molecule has 1 aromatic carbocycles. The zero-order chi connectivity index (χ0) is 19.1. The van der Waals surface area contributed by atoms with Gasteiger partial charge in [0, 0.05) is 43.7 Å². The Balaban J connectivity index is 1.92. The first-order valence-electron chi connectivity index (χ1n) is 8.75. The summed E-state index contributed by atoms with van der Waals surface area (Å²) in [7, 11) is 0. The highest BCUT2D eigenvalue weighted by molar-refractivity contribution is 5.83. The minimum atomic E-state index is -0.310. The molecule has 0 fully saturated rings. The molecule has 1 aliphatic heterocycles. The maximum atomic E-state index is 13.4.